The van der Waals surface area contributed by atoms with Gasteiger partial charge in [0.1, 0.15) is 17.1 Å². The molecule has 0 aliphatic rings. The van der Waals surface area contributed by atoms with E-state index in [1.807, 2.05) is 30.3 Å². The summed E-state index contributed by atoms with van der Waals surface area (Å²) >= 11 is 0. The van der Waals surface area contributed by atoms with E-state index in [1.165, 1.54) is 0 Å². The summed E-state index contributed by atoms with van der Waals surface area (Å²) in [4.78, 5) is 0. The molecule has 0 saturated heterocycles. The van der Waals surface area contributed by atoms with Crippen LogP contribution in [0.1, 0.15) is 41.0 Å². The highest BCUT2D eigenvalue weighted by molar-refractivity contribution is 5.72. The molecule has 2 heteroatoms. The van der Waals surface area contributed by atoms with Crippen LogP contribution >= 0.6 is 0 Å². The van der Waals surface area contributed by atoms with Gasteiger partial charge < -0.3 is 9.47 Å². The van der Waals surface area contributed by atoms with Gasteiger partial charge in [-0.25, -0.2) is 0 Å². The summed E-state index contributed by atoms with van der Waals surface area (Å²) in [5, 5.41) is 0. The minimum atomic E-state index is -0.215. The zero-order valence-corrected chi connectivity index (χ0v) is 14.2. The SMILES string of the molecule is CCC(C)Oc1ccc(OC(C)(C)C)cc1-c1ccccc1. The van der Waals surface area contributed by atoms with Crippen LogP contribution < -0.4 is 9.47 Å². The topological polar surface area (TPSA) is 18.5 Å². The third kappa shape index (κ3) is 4.52. The number of benzene rings is 2. The van der Waals surface area contributed by atoms with Gasteiger partial charge in [-0.05, 0) is 57.9 Å². The largest absolute Gasteiger partial charge is 0.490 e. The molecule has 1 unspecified atom stereocenters. The van der Waals surface area contributed by atoms with Crippen molar-refractivity contribution in [2.24, 2.45) is 0 Å². The minimum absolute atomic E-state index is 0.192. The van der Waals surface area contributed by atoms with Crippen molar-refractivity contribution in [3.63, 3.8) is 0 Å². The molecule has 0 aromatic heterocycles. The van der Waals surface area contributed by atoms with Crippen LogP contribution in [0.4, 0.5) is 0 Å². The fourth-order valence-electron chi connectivity index (χ4n) is 2.17. The van der Waals surface area contributed by atoms with Crippen LogP contribution in [0.3, 0.4) is 0 Å². The third-order valence-corrected chi connectivity index (χ3v) is 3.36. The van der Waals surface area contributed by atoms with Gasteiger partial charge in [-0.15, -0.1) is 0 Å². The smallest absolute Gasteiger partial charge is 0.127 e. The maximum atomic E-state index is 6.08. The molecule has 0 amide bonds. The van der Waals surface area contributed by atoms with Crippen LogP contribution in [-0.2, 0) is 0 Å². The number of rotatable bonds is 5. The molecule has 118 valence electrons. The summed E-state index contributed by atoms with van der Waals surface area (Å²) in [6, 6.07) is 16.4. The lowest BCUT2D eigenvalue weighted by Gasteiger charge is -2.23. The van der Waals surface area contributed by atoms with E-state index in [9.17, 15) is 0 Å². The Hall–Kier alpha value is -1.96. The Labute approximate surface area is 134 Å². The molecule has 0 radical (unpaired) electrons. The second-order valence-electron chi connectivity index (χ2n) is 6.58. The van der Waals surface area contributed by atoms with Crippen molar-refractivity contribution in [3.8, 4) is 22.6 Å². The van der Waals surface area contributed by atoms with Gasteiger partial charge in [0.05, 0.1) is 6.10 Å². The molecule has 0 saturated carbocycles. The third-order valence-electron chi connectivity index (χ3n) is 3.36. The first-order valence-electron chi connectivity index (χ1n) is 7.94. The molecule has 0 fully saturated rings. The van der Waals surface area contributed by atoms with E-state index < -0.39 is 0 Å². The van der Waals surface area contributed by atoms with Crippen LogP contribution in [0, 0.1) is 0 Å². The van der Waals surface area contributed by atoms with Crippen molar-refractivity contribution in [3.05, 3.63) is 48.5 Å². The van der Waals surface area contributed by atoms with Crippen LogP contribution in [0.5, 0.6) is 11.5 Å². The Morgan fingerprint density at radius 1 is 1.00 bits per heavy atom. The summed E-state index contributed by atoms with van der Waals surface area (Å²) in [6.45, 7) is 10.4. The average Bonchev–Trinajstić information content (AvgIpc) is 2.48. The summed E-state index contributed by atoms with van der Waals surface area (Å²) < 4.78 is 12.1. The van der Waals surface area contributed by atoms with Crippen LogP contribution in [0.25, 0.3) is 11.1 Å². The van der Waals surface area contributed by atoms with Crippen LogP contribution in [0.2, 0.25) is 0 Å². The molecular formula is C20H26O2. The van der Waals surface area contributed by atoms with Gasteiger partial charge in [0.25, 0.3) is 0 Å². The molecule has 0 heterocycles. The quantitative estimate of drug-likeness (QED) is 0.704. The zero-order chi connectivity index (χ0) is 16.2. The maximum absolute atomic E-state index is 6.08. The second kappa shape index (κ2) is 6.87. The standard InChI is InChI=1S/C20H26O2/c1-6-15(2)21-19-13-12-17(22-20(3,4)5)14-18(19)16-10-8-7-9-11-16/h7-15H,6H2,1-5H3. The number of ether oxygens (including phenoxy) is 2. The van der Waals surface area contributed by atoms with E-state index in [0.29, 0.717) is 0 Å². The van der Waals surface area contributed by atoms with E-state index in [0.717, 1.165) is 29.0 Å². The molecule has 2 rings (SSSR count). The molecule has 0 aliphatic carbocycles. The van der Waals surface area contributed by atoms with Gasteiger partial charge in [0.15, 0.2) is 0 Å². The Bertz CT molecular complexity index is 597. The predicted molar refractivity (Wildman–Crippen MR) is 92.6 cm³/mol. The fourth-order valence-corrected chi connectivity index (χ4v) is 2.17. The lowest BCUT2D eigenvalue weighted by molar-refractivity contribution is 0.130. The van der Waals surface area contributed by atoms with E-state index >= 15 is 0 Å². The maximum Gasteiger partial charge on any atom is 0.127 e. The highest BCUT2D eigenvalue weighted by atomic mass is 16.5. The van der Waals surface area contributed by atoms with Crippen molar-refractivity contribution < 1.29 is 9.47 Å². The molecule has 0 spiro atoms. The van der Waals surface area contributed by atoms with E-state index in [1.54, 1.807) is 0 Å². The van der Waals surface area contributed by atoms with Gasteiger partial charge in [0.2, 0.25) is 0 Å². The highest BCUT2D eigenvalue weighted by Crippen LogP contribution is 2.35. The summed E-state index contributed by atoms with van der Waals surface area (Å²) in [6.07, 6.45) is 1.17. The zero-order valence-electron chi connectivity index (χ0n) is 14.2. The molecular weight excluding hydrogens is 272 g/mol. The second-order valence-corrected chi connectivity index (χ2v) is 6.58. The molecule has 0 bridgehead atoms. The predicted octanol–water partition coefficient (Wildman–Crippen LogP) is 5.71. The number of hydrogen-bond acceptors (Lipinski definition) is 2. The Kier molecular flexibility index (Phi) is 5.12. The first kappa shape index (κ1) is 16.4. The van der Waals surface area contributed by atoms with E-state index in [2.05, 4.69) is 52.8 Å². The fraction of sp³-hybridized carbons (Fsp3) is 0.400. The van der Waals surface area contributed by atoms with Crippen molar-refractivity contribution >= 4 is 0 Å². The Balaban J connectivity index is 2.42. The first-order chi connectivity index (χ1) is 10.4. The molecule has 2 aromatic rings. The van der Waals surface area contributed by atoms with Gasteiger partial charge in [-0.1, -0.05) is 37.3 Å². The van der Waals surface area contributed by atoms with E-state index in [-0.39, 0.29) is 11.7 Å². The molecule has 0 N–H and O–H groups in total. The summed E-state index contributed by atoms with van der Waals surface area (Å²) in [5.41, 5.74) is 2.00. The highest BCUT2D eigenvalue weighted by Gasteiger charge is 2.15. The molecule has 2 aromatic carbocycles. The lowest BCUT2D eigenvalue weighted by Crippen LogP contribution is -2.23. The molecule has 0 aliphatic heterocycles. The van der Waals surface area contributed by atoms with Gasteiger partial charge in [-0.2, -0.15) is 0 Å². The van der Waals surface area contributed by atoms with Crippen molar-refractivity contribution in [1.29, 1.82) is 0 Å². The Morgan fingerprint density at radius 3 is 2.27 bits per heavy atom. The van der Waals surface area contributed by atoms with Gasteiger partial charge in [0, 0.05) is 5.56 Å². The average molecular weight is 298 g/mol. The van der Waals surface area contributed by atoms with Gasteiger partial charge in [-0.3, -0.25) is 0 Å². The first-order valence-corrected chi connectivity index (χ1v) is 7.94. The molecule has 22 heavy (non-hydrogen) atoms. The molecule has 2 nitrogen and oxygen atoms in total. The van der Waals surface area contributed by atoms with Crippen LogP contribution in [0.15, 0.2) is 48.5 Å². The lowest BCUT2D eigenvalue weighted by atomic mass is 10.0. The minimum Gasteiger partial charge on any atom is -0.490 e. The Morgan fingerprint density at radius 2 is 1.68 bits per heavy atom. The normalized spacial score (nSPS) is 12.8. The van der Waals surface area contributed by atoms with E-state index in [4.69, 9.17) is 9.47 Å². The van der Waals surface area contributed by atoms with Crippen molar-refractivity contribution in [2.75, 3.05) is 0 Å². The molecule has 1 atom stereocenters. The van der Waals surface area contributed by atoms with Gasteiger partial charge >= 0.3 is 0 Å². The van der Waals surface area contributed by atoms with Crippen LogP contribution in [-0.4, -0.2) is 11.7 Å². The monoisotopic (exact) mass is 298 g/mol. The number of hydrogen-bond donors (Lipinski definition) is 0. The summed E-state index contributed by atoms with van der Waals surface area (Å²) in [5.74, 6) is 1.77. The summed E-state index contributed by atoms with van der Waals surface area (Å²) in [7, 11) is 0. The van der Waals surface area contributed by atoms with Crippen molar-refractivity contribution in [1.82, 2.24) is 0 Å². The van der Waals surface area contributed by atoms with Crippen molar-refractivity contribution in [2.45, 2.75) is 52.7 Å².